The minimum absolute atomic E-state index is 0.0249. The Labute approximate surface area is 152 Å². The molecule has 0 saturated carbocycles. The average molecular weight is 354 g/mol. The molecule has 3 rings (SSSR count). The molecule has 0 unspecified atom stereocenters. The molecule has 6 nitrogen and oxygen atoms in total. The van der Waals surface area contributed by atoms with Crippen molar-refractivity contribution >= 4 is 29.3 Å². The third kappa shape index (κ3) is 3.64. The van der Waals surface area contributed by atoms with Gasteiger partial charge in [0.05, 0.1) is 17.4 Å². The average Bonchev–Trinajstić information content (AvgIpc) is 3.10. The predicted octanol–water partition coefficient (Wildman–Crippen LogP) is 3.70. The van der Waals surface area contributed by atoms with E-state index in [0.717, 1.165) is 0 Å². The van der Waals surface area contributed by atoms with Gasteiger partial charge in [-0.25, -0.2) is 0 Å². The van der Waals surface area contributed by atoms with Gasteiger partial charge in [-0.1, -0.05) is 0 Å². The maximum atomic E-state index is 12.7. The molecule has 1 aromatic heterocycles. The molecule has 136 valence electrons. The number of nitrogens with one attached hydrogen (secondary N) is 1. The van der Waals surface area contributed by atoms with E-state index in [4.69, 9.17) is 9.15 Å². The minimum atomic E-state index is -0.607. The lowest BCUT2D eigenvalue weighted by Gasteiger charge is -2.26. The largest absolute Gasteiger partial charge is 0.490 e. The Hall–Kier alpha value is -3.02. The summed E-state index contributed by atoms with van der Waals surface area (Å²) in [6.07, 6.45) is 4.54. The summed E-state index contributed by atoms with van der Waals surface area (Å²) < 4.78 is 11.0. The van der Waals surface area contributed by atoms with Crippen LogP contribution >= 0.6 is 0 Å². The monoisotopic (exact) mass is 354 g/mol. The number of amides is 2. The fraction of sp³-hybridized carbons (Fsp3) is 0.300. The molecule has 1 aromatic carbocycles. The van der Waals surface area contributed by atoms with Crippen LogP contribution in [0.3, 0.4) is 0 Å². The van der Waals surface area contributed by atoms with Gasteiger partial charge in [-0.3, -0.25) is 9.59 Å². The van der Waals surface area contributed by atoms with Crippen molar-refractivity contribution in [2.75, 3.05) is 23.4 Å². The summed E-state index contributed by atoms with van der Waals surface area (Å²) in [4.78, 5) is 26.5. The summed E-state index contributed by atoms with van der Waals surface area (Å²) in [5, 5.41) is 2.79. The Kier molecular flexibility index (Phi) is 4.84. The maximum absolute atomic E-state index is 12.7. The van der Waals surface area contributed by atoms with E-state index in [0.29, 0.717) is 29.4 Å². The number of benzene rings is 1. The van der Waals surface area contributed by atoms with Crippen LogP contribution in [-0.2, 0) is 9.59 Å². The fourth-order valence-corrected chi connectivity index (χ4v) is 2.77. The highest BCUT2D eigenvalue weighted by atomic mass is 16.5. The molecule has 0 spiro atoms. The lowest BCUT2D eigenvalue weighted by Crippen LogP contribution is -2.42. The number of fused-ring (bicyclic) bond motifs is 1. The highest BCUT2D eigenvalue weighted by Gasteiger charge is 2.37. The molecule has 2 heterocycles. The molecule has 0 radical (unpaired) electrons. The molecule has 0 aliphatic carbocycles. The van der Waals surface area contributed by atoms with Crippen LogP contribution in [0.25, 0.3) is 6.08 Å². The first kappa shape index (κ1) is 17.8. The molecule has 0 fully saturated rings. The third-order valence-electron chi connectivity index (χ3n) is 4.19. The first-order chi connectivity index (χ1) is 12.4. The molecule has 2 aromatic rings. The van der Waals surface area contributed by atoms with Crippen molar-refractivity contribution in [3.05, 3.63) is 48.4 Å². The zero-order valence-corrected chi connectivity index (χ0v) is 15.1. The van der Waals surface area contributed by atoms with Crippen molar-refractivity contribution < 1.29 is 18.7 Å². The Bertz CT molecular complexity index is 838. The highest BCUT2D eigenvalue weighted by molar-refractivity contribution is 6.03. The van der Waals surface area contributed by atoms with E-state index in [1.807, 2.05) is 20.8 Å². The van der Waals surface area contributed by atoms with E-state index in [9.17, 15) is 9.59 Å². The van der Waals surface area contributed by atoms with Gasteiger partial charge in [-0.05, 0) is 51.1 Å². The van der Waals surface area contributed by atoms with Crippen molar-refractivity contribution in [1.29, 1.82) is 0 Å². The summed E-state index contributed by atoms with van der Waals surface area (Å²) in [5.74, 6) is 0.930. The SMILES string of the molecule is CCN1C(=O)C(C)(C)COc2cc(NC(=O)C=Cc3ccco3)ccc21. The topological polar surface area (TPSA) is 71.8 Å². The number of anilines is 2. The van der Waals surface area contributed by atoms with Crippen molar-refractivity contribution in [2.45, 2.75) is 20.8 Å². The lowest BCUT2D eigenvalue weighted by atomic mass is 9.93. The molecule has 1 aliphatic heterocycles. The van der Waals surface area contributed by atoms with E-state index >= 15 is 0 Å². The Morgan fingerprint density at radius 2 is 2.15 bits per heavy atom. The number of hydrogen-bond acceptors (Lipinski definition) is 4. The zero-order chi connectivity index (χ0) is 18.7. The molecule has 1 N–H and O–H groups in total. The summed E-state index contributed by atoms with van der Waals surface area (Å²) >= 11 is 0. The van der Waals surface area contributed by atoms with E-state index in [1.54, 1.807) is 47.6 Å². The zero-order valence-electron chi connectivity index (χ0n) is 15.1. The quantitative estimate of drug-likeness (QED) is 0.850. The molecule has 26 heavy (non-hydrogen) atoms. The van der Waals surface area contributed by atoms with Crippen LogP contribution in [0.4, 0.5) is 11.4 Å². The Morgan fingerprint density at radius 3 is 2.85 bits per heavy atom. The molecule has 2 amide bonds. The van der Waals surface area contributed by atoms with Crippen LogP contribution in [0, 0.1) is 5.41 Å². The summed E-state index contributed by atoms with van der Waals surface area (Å²) in [6, 6.07) is 8.81. The summed E-state index contributed by atoms with van der Waals surface area (Å²) in [5.41, 5.74) is 0.706. The number of carbonyl (C=O) groups excluding carboxylic acids is 2. The molecule has 6 heteroatoms. The molecule has 1 aliphatic rings. The predicted molar refractivity (Wildman–Crippen MR) is 100 cm³/mol. The lowest BCUT2D eigenvalue weighted by molar-refractivity contribution is -0.127. The van der Waals surface area contributed by atoms with Crippen LogP contribution in [-0.4, -0.2) is 25.0 Å². The van der Waals surface area contributed by atoms with Crippen molar-refractivity contribution in [3.8, 4) is 5.75 Å². The van der Waals surface area contributed by atoms with Crippen molar-refractivity contribution in [1.82, 2.24) is 0 Å². The number of hydrogen-bond donors (Lipinski definition) is 1. The van der Waals surface area contributed by atoms with Crippen LogP contribution in [0.2, 0.25) is 0 Å². The van der Waals surface area contributed by atoms with Crippen LogP contribution in [0.1, 0.15) is 26.5 Å². The second kappa shape index (κ2) is 7.07. The van der Waals surface area contributed by atoms with Gasteiger partial charge in [0.1, 0.15) is 18.1 Å². The smallest absolute Gasteiger partial charge is 0.248 e. The second-order valence-corrected chi connectivity index (χ2v) is 6.74. The van der Waals surface area contributed by atoms with Gasteiger partial charge in [-0.2, -0.15) is 0 Å². The molecular formula is C20H22N2O4. The summed E-state index contributed by atoms with van der Waals surface area (Å²) in [7, 11) is 0. The molecule has 0 saturated heterocycles. The fourth-order valence-electron chi connectivity index (χ4n) is 2.77. The van der Waals surface area contributed by atoms with Crippen LogP contribution in [0.15, 0.2) is 47.1 Å². The van der Waals surface area contributed by atoms with Gasteiger partial charge < -0.3 is 19.4 Å². The highest BCUT2D eigenvalue weighted by Crippen LogP contribution is 2.38. The minimum Gasteiger partial charge on any atom is -0.490 e. The molecular weight excluding hydrogens is 332 g/mol. The number of ether oxygens (including phenoxy) is 1. The second-order valence-electron chi connectivity index (χ2n) is 6.74. The van der Waals surface area contributed by atoms with Gasteiger partial charge in [0.2, 0.25) is 11.8 Å². The van der Waals surface area contributed by atoms with Gasteiger partial charge in [-0.15, -0.1) is 0 Å². The number of carbonyl (C=O) groups is 2. The van der Waals surface area contributed by atoms with Gasteiger partial charge in [0.25, 0.3) is 0 Å². The molecule has 0 bridgehead atoms. The van der Waals surface area contributed by atoms with E-state index in [-0.39, 0.29) is 18.4 Å². The van der Waals surface area contributed by atoms with E-state index in [2.05, 4.69) is 5.32 Å². The Balaban J connectivity index is 1.79. The van der Waals surface area contributed by atoms with Gasteiger partial charge >= 0.3 is 0 Å². The van der Waals surface area contributed by atoms with Crippen molar-refractivity contribution in [3.63, 3.8) is 0 Å². The van der Waals surface area contributed by atoms with E-state index < -0.39 is 5.41 Å². The maximum Gasteiger partial charge on any atom is 0.248 e. The molecule has 0 atom stereocenters. The normalized spacial score (nSPS) is 16.1. The number of furan rings is 1. The van der Waals surface area contributed by atoms with Crippen LogP contribution < -0.4 is 15.0 Å². The number of nitrogens with zero attached hydrogens (tertiary/aromatic N) is 1. The van der Waals surface area contributed by atoms with Crippen molar-refractivity contribution in [2.24, 2.45) is 5.41 Å². The van der Waals surface area contributed by atoms with Crippen LogP contribution in [0.5, 0.6) is 5.75 Å². The third-order valence-corrected chi connectivity index (χ3v) is 4.19. The standard InChI is InChI=1S/C20H22N2O4/c1-4-22-16-9-7-14(12-17(16)26-13-20(2,3)19(22)24)21-18(23)10-8-15-6-5-11-25-15/h5-12H,4,13H2,1-3H3,(H,21,23). The Morgan fingerprint density at radius 1 is 1.35 bits per heavy atom. The summed E-state index contributed by atoms with van der Waals surface area (Å²) in [6.45, 7) is 6.50. The first-order valence-corrected chi connectivity index (χ1v) is 8.52. The first-order valence-electron chi connectivity index (χ1n) is 8.52. The van der Waals surface area contributed by atoms with Gasteiger partial charge in [0.15, 0.2) is 0 Å². The van der Waals surface area contributed by atoms with E-state index in [1.165, 1.54) is 6.08 Å². The van der Waals surface area contributed by atoms with Gasteiger partial charge in [0, 0.05) is 24.4 Å². The number of rotatable bonds is 4.